The molecule has 0 radical (unpaired) electrons. The van der Waals surface area contributed by atoms with Crippen molar-refractivity contribution in [2.45, 2.75) is 13.8 Å². The van der Waals surface area contributed by atoms with E-state index in [0.717, 1.165) is 16.9 Å². The van der Waals surface area contributed by atoms with Crippen molar-refractivity contribution in [3.8, 4) is 17.2 Å². The lowest BCUT2D eigenvalue weighted by Crippen LogP contribution is -1.89. The smallest absolute Gasteiger partial charge is 0.261 e. The van der Waals surface area contributed by atoms with Gasteiger partial charge in [-0.2, -0.15) is 4.98 Å². The average Bonchev–Trinajstić information content (AvgIpc) is 2.64. The number of aryl methyl sites for hydroxylation is 2. The van der Waals surface area contributed by atoms with Crippen LogP contribution in [0.25, 0.3) is 11.5 Å². The largest absolute Gasteiger partial charge is 0.496 e. The van der Waals surface area contributed by atoms with Crippen molar-refractivity contribution in [2.75, 3.05) is 7.11 Å². The summed E-state index contributed by atoms with van der Waals surface area (Å²) in [5.74, 6) is 1.86. The van der Waals surface area contributed by atoms with E-state index in [0.29, 0.717) is 11.7 Å². The molecule has 0 amide bonds. The molecule has 15 heavy (non-hydrogen) atoms. The van der Waals surface area contributed by atoms with Gasteiger partial charge in [0.05, 0.1) is 12.7 Å². The first-order chi connectivity index (χ1) is 7.20. The molecule has 2 aromatic rings. The van der Waals surface area contributed by atoms with Gasteiger partial charge in [0.15, 0.2) is 5.82 Å². The van der Waals surface area contributed by atoms with Gasteiger partial charge in [-0.3, -0.25) is 0 Å². The molecule has 78 valence electrons. The number of hydrogen-bond donors (Lipinski definition) is 0. The summed E-state index contributed by atoms with van der Waals surface area (Å²) in [5, 5.41) is 3.75. The molecule has 0 unspecified atom stereocenters. The van der Waals surface area contributed by atoms with E-state index in [-0.39, 0.29) is 0 Å². The molecule has 1 aromatic heterocycles. The van der Waals surface area contributed by atoms with E-state index < -0.39 is 0 Å². The molecular weight excluding hydrogens is 192 g/mol. The Kier molecular flexibility index (Phi) is 2.41. The Morgan fingerprint density at radius 3 is 2.67 bits per heavy atom. The Morgan fingerprint density at radius 1 is 1.27 bits per heavy atom. The highest BCUT2D eigenvalue weighted by atomic mass is 16.5. The number of nitrogens with zero attached hydrogens (tertiary/aromatic N) is 2. The van der Waals surface area contributed by atoms with Crippen LogP contribution in [0.1, 0.15) is 11.4 Å². The zero-order chi connectivity index (χ0) is 10.8. The highest BCUT2D eigenvalue weighted by molar-refractivity contribution is 5.63. The first kappa shape index (κ1) is 9.71. The van der Waals surface area contributed by atoms with Crippen LogP contribution in [-0.2, 0) is 0 Å². The summed E-state index contributed by atoms with van der Waals surface area (Å²) in [5.41, 5.74) is 1.95. The van der Waals surface area contributed by atoms with Gasteiger partial charge in [0, 0.05) is 0 Å². The Morgan fingerprint density at radius 2 is 2.07 bits per heavy atom. The summed E-state index contributed by atoms with van der Waals surface area (Å²) in [6, 6.07) is 5.84. The molecule has 0 atom stereocenters. The Hall–Kier alpha value is -1.84. The van der Waals surface area contributed by atoms with E-state index >= 15 is 0 Å². The Balaban J connectivity index is 2.52. The lowest BCUT2D eigenvalue weighted by atomic mass is 10.1. The van der Waals surface area contributed by atoms with Crippen LogP contribution in [0.5, 0.6) is 5.75 Å². The quantitative estimate of drug-likeness (QED) is 0.753. The normalized spacial score (nSPS) is 10.3. The highest BCUT2D eigenvalue weighted by Gasteiger charge is 2.11. The van der Waals surface area contributed by atoms with Crippen molar-refractivity contribution >= 4 is 0 Å². The maximum absolute atomic E-state index is 5.26. The van der Waals surface area contributed by atoms with Gasteiger partial charge in [0.1, 0.15) is 5.75 Å². The van der Waals surface area contributed by atoms with Gasteiger partial charge < -0.3 is 9.26 Å². The van der Waals surface area contributed by atoms with Crippen molar-refractivity contribution in [1.82, 2.24) is 10.1 Å². The minimum absolute atomic E-state index is 0.490. The van der Waals surface area contributed by atoms with E-state index in [2.05, 4.69) is 10.1 Å². The van der Waals surface area contributed by atoms with Crippen molar-refractivity contribution < 1.29 is 9.26 Å². The van der Waals surface area contributed by atoms with Gasteiger partial charge in [-0.15, -0.1) is 0 Å². The summed E-state index contributed by atoms with van der Waals surface area (Å²) < 4.78 is 10.4. The van der Waals surface area contributed by atoms with E-state index in [9.17, 15) is 0 Å². The second-order valence-corrected chi connectivity index (χ2v) is 3.35. The molecule has 0 N–H and O–H groups in total. The fraction of sp³-hybridized carbons (Fsp3) is 0.273. The van der Waals surface area contributed by atoms with E-state index in [1.807, 2.05) is 25.1 Å². The third kappa shape index (κ3) is 1.83. The maximum atomic E-state index is 5.26. The molecule has 4 nitrogen and oxygen atoms in total. The number of methoxy groups -OCH3 is 1. The molecule has 0 aliphatic heterocycles. The number of aromatic nitrogens is 2. The Bertz CT molecular complexity index is 477. The number of ether oxygens (including phenoxy) is 1. The predicted molar refractivity (Wildman–Crippen MR) is 55.8 cm³/mol. The van der Waals surface area contributed by atoms with Crippen molar-refractivity contribution in [2.24, 2.45) is 0 Å². The lowest BCUT2D eigenvalue weighted by molar-refractivity contribution is 0.403. The van der Waals surface area contributed by atoms with Crippen molar-refractivity contribution in [3.63, 3.8) is 0 Å². The van der Waals surface area contributed by atoms with Crippen LogP contribution in [0.15, 0.2) is 22.7 Å². The van der Waals surface area contributed by atoms with E-state index in [1.165, 1.54) is 0 Å². The van der Waals surface area contributed by atoms with Gasteiger partial charge in [-0.1, -0.05) is 11.2 Å². The summed E-state index contributed by atoms with van der Waals surface area (Å²) in [7, 11) is 1.63. The van der Waals surface area contributed by atoms with Crippen molar-refractivity contribution in [1.29, 1.82) is 0 Å². The van der Waals surface area contributed by atoms with Gasteiger partial charge in [-0.25, -0.2) is 0 Å². The summed E-state index contributed by atoms with van der Waals surface area (Å²) in [4.78, 5) is 4.16. The predicted octanol–water partition coefficient (Wildman–Crippen LogP) is 2.36. The van der Waals surface area contributed by atoms with Crippen LogP contribution in [-0.4, -0.2) is 17.3 Å². The molecular formula is C11H12N2O2. The highest BCUT2D eigenvalue weighted by Crippen LogP contribution is 2.29. The minimum atomic E-state index is 0.490. The van der Waals surface area contributed by atoms with Gasteiger partial charge in [-0.05, 0) is 31.5 Å². The number of hydrogen-bond acceptors (Lipinski definition) is 4. The molecule has 0 spiro atoms. The molecule has 0 saturated carbocycles. The molecule has 0 fully saturated rings. The third-order valence-corrected chi connectivity index (χ3v) is 2.12. The first-order valence-electron chi connectivity index (χ1n) is 4.66. The zero-order valence-corrected chi connectivity index (χ0v) is 8.94. The van der Waals surface area contributed by atoms with Crippen LogP contribution in [0.3, 0.4) is 0 Å². The summed E-state index contributed by atoms with van der Waals surface area (Å²) >= 11 is 0. The SMILES string of the molecule is COc1cc(C)ccc1-c1nc(C)no1. The minimum Gasteiger partial charge on any atom is -0.496 e. The van der Waals surface area contributed by atoms with Crippen LogP contribution >= 0.6 is 0 Å². The molecule has 0 aliphatic rings. The average molecular weight is 204 g/mol. The summed E-state index contributed by atoms with van der Waals surface area (Å²) in [6.45, 7) is 3.79. The van der Waals surface area contributed by atoms with Crippen LogP contribution in [0.4, 0.5) is 0 Å². The molecule has 4 heteroatoms. The third-order valence-electron chi connectivity index (χ3n) is 2.12. The van der Waals surface area contributed by atoms with Crippen LogP contribution in [0.2, 0.25) is 0 Å². The monoisotopic (exact) mass is 204 g/mol. The summed E-state index contributed by atoms with van der Waals surface area (Å²) in [6.07, 6.45) is 0. The maximum Gasteiger partial charge on any atom is 0.261 e. The fourth-order valence-electron chi connectivity index (χ4n) is 1.38. The van der Waals surface area contributed by atoms with E-state index in [1.54, 1.807) is 14.0 Å². The molecule has 1 aromatic carbocycles. The van der Waals surface area contributed by atoms with Gasteiger partial charge in [0.25, 0.3) is 5.89 Å². The van der Waals surface area contributed by atoms with Crippen LogP contribution in [0, 0.1) is 13.8 Å². The van der Waals surface area contributed by atoms with E-state index in [4.69, 9.17) is 9.26 Å². The Labute approximate surface area is 87.9 Å². The topological polar surface area (TPSA) is 48.2 Å². The van der Waals surface area contributed by atoms with Crippen LogP contribution < -0.4 is 4.74 Å². The molecule has 0 bridgehead atoms. The van der Waals surface area contributed by atoms with Gasteiger partial charge in [0.2, 0.25) is 0 Å². The molecule has 1 heterocycles. The molecule has 0 saturated heterocycles. The second-order valence-electron chi connectivity index (χ2n) is 3.35. The lowest BCUT2D eigenvalue weighted by Gasteiger charge is -2.05. The standard InChI is InChI=1S/C11H12N2O2/c1-7-4-5-9(10(6-7)14-3)11-12-8(2)13-15-11/h4-6H,1-3H3. The fourth-order valence-corrected chi connectivity index (χ4v) is 1.38. The molecule has 2 rings (SSSR count). The number of rotatable bonds is 2. The van der Waals surface area contributed by atoms with Gasteiger partial charge >= 0.3 is 0 Å². The first-order valence-corrected chi connectivity index (χ1v) is 4.66. The van der Waals surface area contributed by atoms with Crippen molar-refractivity contribution in [3.05, 3.63) is 29.6 Å². The zero-order valence-electron chi connectivity index (χ0n) is 8.94. The molecule has 0 aliphatic carbocycles. The second kappa shape index (κ2) is 3.73. The number of benzene rings is 1.